The zero-order valence-electron chi connectivity index (χ0n) is 20.8. The molecule has 1 aromatic carbocycles. The van der Waals surface area contributed by atoms with Gasteiger partial charge in [-0.1, -0.05) is 52.0 Å². The number of hydrogen-bond acceptors (Lipinski definition) is 5. The van der Waals surface area contributed by atoms with E-state index < -0.39 is 0 Å². The number of ether oxygens (including phenoxy) is 5. The summed E-state index contributed by atoms with van der Waals surface area (Å²) >= 11 is 0. The molecule has 0 saturated carbocycles. The molecule has 3 heterocycles. The van der Waals surface area contributed by atoms with Crippen LogP contribution in [0.3, 0.4) is 0 Å². The summed E-state index contributed by atoms with van der Waals surface area (Å²) in [4.78, 5) is 0. The molecule has 1 aromatic rings. The van der Waals surface area contributed by atoms with E-state index >= 15 is 0 Å². The van der Waals surface area contributed by atoms with Crippen molar-refractivity contribution in [1.82, 2.24) is 0 Å². The summed E-state index contributed by atoms with van der Waals surface area (Å²) < 4.78 is 27.6. The van der Waals surface area contributed by atoms with Crippen LogP contribution < -0.4 is 0 Å². The van der Waals surface area contributed by atoms with E-state index in [1.54, 1.807) is 0 Å². The minimum atomic E-state index is 0.258. The quantitative estimate of drug-likeness (QED) is 0.429. The van der Waals surface area contributed by atoms with Crippen molar-refractivity contribution in [2.75, 3.05) is 52.9 Å². The Morgan fingerprint density at radius 3 is 1.06 bits per heavy atom. The van der Waals surface area contributed by atoms with Crippen LogP contribution in [0.5, 0.6) is 0 Å². The third-order valence-corrected chi connectivity index (χ3v) is 7.83. The highest BCUT2D eigenvalue weighted by molar-refractivity contribution is 5.21. The molecule has 0 amide bonds. The highest BCUT2D eigenvalue weighted by Gasteiger charge is 2.37. The molecule has 3 fully saturated rings. The maximum Gasteiger partial charge on any atom is 0.0717 e. The lowest BCUT2D eigenvalue weighted by Gasteiger charge is -2.40. The molecule has 3 aliphatic heterocycles. The largest absolute Gasteiger partial charge is 0.380 e. The molecule has 0 unspecified atom stereocenters. The van der Waals surface area contributed by atoms with Gasteiger partial charge >= 0.3 is 0 Å². The van der Waals surface area contributed by atoms with Crippen LogP contribution in [0.15, 0.2) is 24.3 Å². The molecule has 0 N–H and O–H groups in total. The Morgan fingerprint density at radius 2 is 0.875 bits per heavy atom. The Hall–Kier alpha value is -0.980. The second-order valence-electron chi connectivity index (χ2n) is 10.2. The van der Waals surface area contributed by atoms with Gasteiger partial charge in [-0.3, -0.25) is 0 Å². The van der Waals surface area contributed by atoms with Crippen molar-refractivity contribution in [3.63, 3.8) is 0 Å². The Bertz CT molecular complexity index is 588. The Kier molecular flexibility index (Phi) is 9.56. The number of benzene rings is 1. The van der Waals surface area contributed by atoms with E-state index in [1.165, 1.54) is 24.0 Å². The fourth-order valence-corrected chi connectivity index (χ4v) is 4.11. The lowest BCUT2D eigenvalue weighted by atomic mass is 9.81. The molecule has 5 nitrogen and oxygen atoms in total. The average Bonchev–Trinajstić information content (AvgIpc) is 2.74. The average molecular weight is 449 g/mol. The molecule has 0 aromatic heterocycles. The molecule has 0 aliphatic carbocycles. The normalized spacial score (nSPS) is 22.0. The van der Waals surface area contributed by atoms with Crippen LogP contribution in [0.2, 0.25) is 0 Å². The zero-order chi connectivity index (χ0) is 22.9. The smallest absolute Gasteiger partial charge is 0.0717 e. The van der Waals surface area contributed by atoms with Gasteiger partial charge in [0.2, 0.25) is 0 Å². The lowest BCUT2D eigenvalue weighted by molar-refractivity contribution is -0.152. The first-order chi connectivity index (χ1) is 15.5. The van der Waals surface area contributed by atoms with E-state index in [-0.39, 0.29) is 10.8 Å². The van der Waals surface area contributed by atoms with Gasteiger partial charge in [-0.25, -0.2) is 0 Å². The molecule has 3 saturated heterocycles. The van der Waals surface area contributed by atoms with E-state index in [0.29, 0.717) is 18.6 Å². The minimum Gasteiger partial charge on any atom is -0.380 e. The summed E-state index contributed by atoms with van der Waals surface area (Å²) in [5.41, 5.74) is 3.52. The third kappa shape index (κ3) is 6.54. The van der Waals surface area contributed by atoms with Crippen LogP contribution in [0.4, 0.5) is 0 Å². The fraction of sp³-hybridized carbons (Fsp3) is 0.778. The standard InChI is InChI=1S/C20H30O4.C7H14O/c1-3-19(13-23-14-19)11-21-9-17-5-7-18(8-6-17)10-22-12-20(4-2)15-24-16-20;1-3-7(4-2)5-8-6-7/h5-8H,3-4,9-16H2,1-2H3;3-6H2,1-2H3. The minimum absolute atomic E-state index is 0.258. The molecule has 0 atom stereocenters. The summed E-state index contributed by atoms with van der Waals surface area (Å²) in [6.45, 7) is 17.2. The number of hydrogen-bond donors (Lipinski definition) is 0. The highest BCUT2D eigenvalue weighted by atomic mass is 16.5. The first-order valence-electron chi connectivity index (χ1n) is 12.5. The van der Waals surface area contributed by atoms with Crippen LogP contribution in [-0.2, 0) is 36.9 Å². The van der Waals surface area contributed by atoms with E-state index in [0.717, 1.165) is 65.7 Å². The zero-order valence-corrected chi connectivity index (χ0v) is 20.8. The third-order valence-electron chi connectivity index (χ3n) is 7.83. The lowest BCUT2D eigenvalue weighted by Crippen LogP contribution is -2.45. The second kappa shape index (κ2) is 11.9. The molecule has 0 bridgehead atoms. The topological polar surface area (TPSA) is 46.2 Å². The predicted octanol–water partition coefficient (Wildman–Crippen LogP) is 5.40. The SMILES string of the molecule is CCC1(CC)COC1.CCC1(COCc2ccc(COCC3(CC)COC3)cc2)COC1. The first-order valence-corrected chi connectivity index (χ1v) is 12.5. The van der Waals surface area contributed by atoms with Crippen molar-refractivity contribution in [1.29, 1.82) is 0 Å². The molecule has 3 aliphatic rings. The van der Waals surface area contributed by atoms with Crippen molar-refractivity contribution in [3.8, 4) is 0 Å². The van der Waals surface area contributed by atoms with Crippen molar-refractivity contribution in [2.45, 2.75) is 66.6 Å². The molecule has 5 heteroatoms. The van der Waals surface area contributed by atoms with E-state index in [2.05, 4.69) is 52.0 Å². The van der Waals surface area contributed by atoms with E-state index in [9.17, 15) is 0 Å². The Balaban J connectivity index is 0.000000305. The monoisotopic (exact) mass is 448 g/mol. The Labute approximate surface area is 195 Å². The summed E-state index contributed by atoms with van der Waals surface area (Å²) in [5.74, 6) is 0. The van der Waals surface area contributed by atoms with Gasteiger partial charge in [0.15, 0.2) is 0 Å². The van der Waals surface area contributed by atoms with Gasteiger partial charge in [0.05, 0.1) is 66.1 Å². The van der Waals surface area contributed by atoms with Crippen molar-refractivity contribution in [2.24, 2.45) is 16.2 Å². The van der Waals surface area contributed by atoms with Crippen LogP contribution >= 0.6 is 0 Å². The highest BCUT2D eigenvalue weighted by Crippen LogP contribution is 2.34. The van der Waals surface area contributed by atoms with Crippen molar-refractivity contribution >= 4 is 0 Å². The molecular formula is C27H44O5. The van der Waals surface area contributed by atoms with Gasteiger partial charge < -0.3 is 23.7 Å². The van der Waals surface area contributed by atoms with Gasteiger partial charge in [-0.05, 0) is 36.8 Å². The Morgan fingerprint density at radius 1 is 0.562 bits per heavy atom. The van der Waals surface area contributed by atoms with Gasteiger partial charge in [-0.2, -0.15) is 0 Å². The molecular weight excluding hydrogens is 404 g/mol. The van der Waals surface area contributed by atoms with Crippen LogP contribution in [0.1, 0.15) is 64.5 Å². The van der Waals surface area contributed by atoms with Gasteiger partial charge in [0, 0.05) is 16.2 Å². The number of rotatable bonds is 12. The molecule has 0 spiro atoms. The molecule has 182 valence electrons. The predicted molar refractivity (Wildman–Crippen MR) is 127 cm³/mol. The molecule has 32 heavy (non-hydrogen) atoms. The van der Waals surface area contributed by atoms with Crippen LogP contribution in [0, 0.1) is 16.2 Å². The van der Waals surface area contributed by atoms with Gasteiger partial charge in [0.25, 0.3) is 0 Å². The van der Waals surface area contributed by atoms with Crippen molar-refractivity contribution in [3.05, 3.63) is 35.4 Å². The fourth-order valence-electron chi connectivity index (χ4n) is 4.11. The van der Waals surface area contributed by atoms with Crippen LogP contribution in [0.25, 0.3) is 0 Å². The van der Waals surface area contributed by atoms with E-state index in [4.69, 9.17) is 23.7 Å². The van der Waals surface area contributed by atoms with E-state index in [1.807, 2.05) is 0 Å². The molecule has 0 radical (unpaired) electrons. The second-order valence-corrected chi connectivity index (χ2v) is 10.2. The van der Waals surface area contributed by atoms with Crippen LogP contribution in [-0.4, -0.2) is 52.9 Å². The maximum absolute atomic E-state index is 5.90. The van der Waals surface area contributed by atoms with Gasteiger partial charge in [-0.15, -0.1) is 0 Å². The van der Waals surface area contributed by atoms with Crippen molar-refractivity contribution < 1.29 is 23.7 Å². The maximum atomic E-state index is 5.90. The summed E-state index contributed by atoms with van der Waals surface area (Å²) in [6.07, 6.45) is 4.80. The van der Waals surface area contributed by atoms with Gasteiger partial charge in [0.1, 0.15) is 0 Å². The molecule has 4 rings (SSSR count). The first kappa shape index (κ1) is 25.6. The summed E-state index contributed by atoms with van der Waals surface area (Å²) in [5, 5.41) is 0. The summed E-state index contributed by atoms with van der Waals surface area (Å²) in [7, 11) is 0. The summed E-state index contributed by atoms with van der Waals surface area (Å²) in [6, 6.07) is 8.54.